The Morgan fingerprint density at radius 2 is 1.85 bits per heavy atom. The molecule has 2 atom stereocenters. The lowest BCUT2D eigenvalue weighted by Crippen LogP contribution is -2.49. The summed E-state index contributed by atoms with van der Waals surface area (Å²) in [6.07, 6.45) is 5.07. The first kappa shape index (κ1) is 13.4. The molecule has 0 radical (unpaired) electrons. The normalized spacial score (nSPS) is 28.4. The van der Waals surface area contributed by atoms with E-state index < -0.39 is 0 Å². The third kappa shape index (κ3) is 2.80. The van der Waals surface area contributed by atoms with Gasteiger partial charge in [0.15, 0.2) is 0 Å². The molecule has 108 valence electrons. The number of fused-ring (bicyclic) bond motifs is 2. The second kappa shape index (κ2) is 5.44. The number of carbonyl (C=O) groups is 1. The SMILES string of the molecule is CN(C(=O)Cc1ccc(O)cc1)C1CC2CCC(C1)N2. The number of likely N-dealkylation sites (N-methyl/N-ethyl adjacent to an activating group) is 1. The fourth-order valence-corrected chi connectivity index (χ4v) is 3.46. The Balaban J connectivity index is 1.60. The molecule has 1 aromatic rings. The van der Waals surface area contributed by atoms with E-state index in [9.17, 15) is 9.90 Å². The van der Waals surface area contributed by atoms with Crippen LogP contribution in [0.3, 0.4) is 0 Å². The van der Waals surface area contributed by atoms with Gasteiger partial charge in [-0.1, -0.05) is 12.1 Å². The topological polar surface area (TPSA) is 52.6 Å². The Kier molecular flexibility index (Phi) is 3.66. The average molecular weight is 274 g/mol. The van der Waals surface area contributed by atoms with Crippen molar-refractivity contribution in [1.82, 2.24) is 10.2 Å². The molecule has 0 saturated carbocycles. The number of amides is 1. The predicted octanol–water partition coefficient (Wildman–Crippen LogP) is 1.68. The number of aromatic hydroxyl groups is 1. The van der Waals surface area contributed by atoms with E-state index in [0.29, 0.717) is 24.5 Å². The van der Waals surface area contributed by atoms with E-state index in [4.69, 9.17) is 0 Å². The van der Waals surface area contributed by atoms with Crippen molar-refractivity contribution in [3.63, 3.8) is 0 Å². The Labute approximate surface area is 119 Å². The van der Waals surface area contributed by atoms with Crippen LogP contribution in [-0.4, -0.2) is 41.1 Å². The Hall–Kier alpha value is -1.55. The van der Waals surface area contributed by atoms with Crippen molar-refractivity contribution in [2.24, 2.45) is 0 Å². The zero-order chi connectivity index (χ0) is 14.1. The van der Waals surface area contributed by atoms with Gasteiger partial charge in [-0.05, 0) is 43.4 Å². The molecule has 4 heteroatoms. The number of phenolic OH excluding ortho intramolecular Hbond substituents is 1. The molecule has 2 saturated heterocycles. The number of piperidine rings is 1. The molecule has 2 aliphatic heterocycles. The van der Waals surface area contributed by atoms with Crippen LogP contribution < -0.4 is 5.32 Å². The molecule has 1 amide bonds. The van der Waals surface area contributed by atoms with Crippen molar-refractivity contribution >= 4 is 5.91 Å². The van der Waals surface area contributed by atoms with Gasteiger partial charge in [-0.2, -0.15) is 0 Å². The smallest absolute Gasteiger partial charge is 0.226 e. The monoisotopic (exact) mass is 274 g/mol. The lowest BCUT2D eigenvalue weighted by atomic mass is 9.98. The van der Waals surface area contributed by atoms with Crippen molar-refractivity contribution in [2.75, 3.05) is 7.05 Å². The molecule has 4 nitrogen and oxygen atoms in total. The predicted molar refractivity (Wildman–Crippen MR) is 77.5 cm³/mol. The molecule has 2 fully saturated rings. The summed E-state index contributed by atoms with van der Waals surface area (Å²) in [6.45, 7) is 0. The number of nitrogens with one attached hydrogen (secondary N) is 1. The molecule has 2 heterocycles. The number of hydrogen-bond acceptors (Lipinski definition) is 3. The number of nitrogens with zero attached hydrogens (tertiary/aromatic N) is 1. The quantitative estimate of drug-likeness (QED) is 0.881. The highest BCUT2D eigenvalue weighted by molar-refractivity contribution is 5.78. The van der Waals surface area contributed by atoms with Crippen LogP contribution in [0.25, 0.3) is 0 Å². The zero-order valence-electron chi connectivity index (χ0n) is 11.9. The van der Waals surface area contributed by atoms with Gasteiger partial charge in [-0.25, -0.2) is 0 Å². The Morgan fingerprint density at radius 1 is 1.25 bits per heavy atom. The van der Waals surface area contributed by atoms with Crippen LogP contribution in [0.15, 0.2) is 24.3 Å². The summed E-state index contributed by atoms with van der Waals surface area (Å²) in [7, 11) is 1.93. The van der Waals surface area contributed by atoms with Gasteiger partial charge in [0.1, 0.15) is 5.75 Å². The summed E-state index contributed by atoms with van der Waals surface area (Å²) in [5.41, 5.74) is 0.955. The average Bonchev–Trinajstić information content (AvgIpc) is 2.79. The number of benzene rings is 1. The first-order valence-electron chi connectivity index (χ1n) is 7.41. The molecule has 0 spiro atoms. The lowest BCUT2D eigenvalue weighted by Gasteiger charge is -2.35. The van der Waals surface area contributed by atoms with Crippen molar-refractivity contribution in [1.29, 1.82) is 0 Å². The van der Waals surface area contributed by atoms with Crippen molar-refractivity contribution in [2.45, 2.75) is 50.2 Å². The van der Waals surface area contributed by atoms with E-state index in [2.05, 4.69) is 5.32 Å². The highest BCUT2D eigenvalue weighted by Gasteiger charge is 2.36. The van der Waals surface area contributed by atoms with Gasteiger partial charge >= 0.3 is 0 Å². The van der Waals surface area contributed by atoms with Gasteiger partial charge in [0, 0.05) is 25.2 Å². The lowest BCUT2D eigenvalue weighted by molar-refractivity contribution is -0.131. The van der Waals surface area contributed by atoms with Gasteiger partial charge in [0.25, 0.3) is 0 Å². The summed E-state index contributed by atoms with van der Waals surface area (Å²) in [6, 6.07) is 8.46. The molecule has 2 bridgehead atoms. The van der Waals surface area contributed by atoms with Gasteiger partial charge in [-0.15, -0.1) is 0 Å². The molecule has 2 aliphatic rings. The first-order valence-corrected chi connectivity index (χ1v) is 7.41. The summed E-state index contributed by atoms with van der Waals surface area (Å²) in [5, 5.41) is 12.9. The molecular weight excluding hydrogens is 252 g/mol. The van der Waals surface area contributed by atoms with Crippen LogP contribution in [0.5, 0.6) is 5.75 Å². The third-order valence-corrected chi connectivity index (χ3v) is 4.68. The maximum atomic E-state index is 12.4. The summed E-state index contributed by atoms with van der Waals surface area (Å²) in [5.74, 6) is 0.409. The fourth-order valence-electron chi connectivity index (χ4n) is 3.46. The second-order valence-corrected chi connectivity index (χ2v) is 6.11. The molecule has 2 unspecified atom stereocenters. The minimum Gasteiger partial charge on any atom is -0.508 e. The standard InChI is InChI=1S/C16H22N2O2/c1-18(14-9-12-4-5-13(10-14)17-12)16(20)8-11-2-6-15(19)7-3-11/h2-3,6-7,12-14,17,19H,4-5,8-10H2,1H3. The number of carbonyl (C=O) groups excluding carboxylic acids is 1. The molecule has 1 aromatic carbocycles. The van der Waals surface area contributed by atoms with Crippen LogP contribution in [0.4, 0.5) is 0 Å². The molecule has 3 rings (SSSR count). The number of phenols is 1. The van der Waals surface area contributed by atoms with E-state index in [0.717, 1.165) is 18.4 Å². The van der Waals surface area contributed by atoms with E-state index in [-0.39, 0.29) is 11.7 Å². The molecule has 0 aliphatic carbocycles. The molecule has 20 heavy (non-hydrogen) atoms. The first-order chi connectivity index (χ1) is 9.61. The fraction of sp³-hybridized carbons (Fsp3) is 0.562. The Morgan fingerprint density at radius 3 is 2.45 bits per heavy atom. The minimum absolute atomic E-state index is 0.169. The van der Waals surface area contributed by atoms with Crippen molar-refractivity contribution in [3.8, 4) is 5.75 Å². The van der Waals surface area contributed by atoms with Gasteiger partial charge in [0.2, 0.25) is 5.91 Å². The van der Waals surface area contributed by atoms with Gasteiger partial charge in [-0.3, -0.25) is 4.79 Å². The minimum atomic E-state index is 0.169. The van der Waals surface area contributed by atoms with Crippen molar-refractivity contribution in [3.05, 3.63) is 29.8 Å². The molecule has 2 N–H and O–H groups in total. The van der Waals surface area contributed by atoms with Crippen LogP contribution in [0.1, 0.15) is 31.2 Å². The van der Waals surface area contributed by atoms with Crippen LogP contribution in [0, 0.1) is 0 Å². The van der Waals surface area contributed by atoms with Crippen LogP contribution in [0.2, 0.25) is 0 Å². The number of hydrogen-bond donors (Lipinski definition) is 2. The largest absolute Gasteiger partial charge is 0.508 e. The maximum absolute atomic E-state index is 12.4. The zero-order valence-corrected chi connectivity index (χ0v) is 11.9. The third-order valence-electron chi connectivity index (χ3n) is 4.68. The molecular formula is C16H22N2O2. The highest BCUT2D eigenvalue weighted by atomic mass is 16.3. The summed E-state index contributed by atoms with van der Waals surface area (Å²) in [4.78, 5) is 14.3. The van der Waals surface area contributed by atoms with Gasteiger partial charge in [0.05, 0.1) is 6.42 Å². The van der Waals surface area contributed by atoms with Crippen molar-refractivity contribution < 1.29 is 9.90 Å². The van der Waals surface area contributed by atoms with E-state index >= 15 is 0 Å². The van der Waals surface area contributed by atoms with Crippen LogP contribution >= 0.6 is 0 Å². The molecule has 0 aromatic heterocycles. The van der Waals surface area contributed by atoms with E-state index in [1.807, 2.05) is 24.1 Å². The summed E-state index contributed by atoms with van der Waals surface area (Å²) < 4.78 is 0. The van der Waals surface area contributed by atoms with E-state index in [1.165, 1.54) is 12.8 Å². The van der Waals surface area contributed by atoms with Gasteiger partial charge < -0.3 is 15.3 Å². The maximum Gasteiger partial charge on any atom is 0.226 e. The van der Waals surface area contributed by atoms with E-state index in [1.54, 1.807) is 12.1 Å². The Bertz CT molecular complexity index is 474. The summed E-state index contributed by atoms with van der Waals surface area (Å²) >= 11 is 0. The number of rotatable bonds is 3. The second-order valence-electron chi connectivity index (χ2n) is 6.11. The highest BCUT2D eigenvalue weighted by Crippen LogP contribution is 2.29. The van der Waals surface area contributed by atoms with Crippen LogP contribution in [-0.2, 0) is 11.2 Å².